The second-order valence-electron chi connectivity index (χ2n) is 7.72. The van der Waals surface area contributed by atoms with E-state index < -0.39 is 0 Å². The molecule has 0 amide bonds. The molecule has 3 aliphatic rings. The zero-order valence-electron chi connectivity index (χ0n) is 14.9. The van der Waals surface area contributed by atoms with Gasteiger partial charge in [-0.3, -0.25) is 9.80 Å². The molecule has 0 bridgehead atoms. The Kier molecular flexibility index (Phi) is 5.18. The van der Waals surface area contributed by atoms with Crippen molar-refractivity contribution in [1.82, 2.24) is 15.1 Å². The van der Waals surface area contributed by atoms with Crippen molar-refractivity contribution in [3.05, 3.63) is 35.9 Å². The average Bonchev–Trinajstić information content (AvgIpc) is 3.29. The van der Waals surface area contributed by atoms with Crippen molar-refractivity contribution in [3.8, 4) is 0 Å². The van der Waals surface area contributed by atoms with E-state index in [1.54, 1.807) is 0 Å². The molecule has 0 saturated carbocycles. The maximum absolute atomic E-state index is 6.08. The highest BCUT2D eigenvalue weighted by atomic mass is 16.5. The molecule has 4 heteroatoms. The quantitative estimate of drug-likeness (QED) is 0.897. The summed E-state index contributed by atoms with van der Waals surface area (Å²) in [6.07, 6.45) is 4.30. The lowest BCUT2D eigenvalue weighted by molar-refractivity contribution is -0.0477. The van der Waals surface area contributed by atoms with Crippen LogP contribution in [-0.4, -0.2) is 67.3 Å². The van der Waals surface area contributed by atoms with Gasteiger partial charge in [-0.15, -0.1) is 0 Å². The fourth-order valence-electron chi connectivity index (χ4n) is 4.56. The van der Waals surface area contributed by atoms with Crippen LogP contribution in [0, 0.1) is 0 Å². The molecule has 0 aromatic heterocycles. The molecule has 0 spiro atoms. The standard InChI is InChI=1S/C20H31N3O/c1-16(17-6-3-2-4-7-17)22-11-9-18(13-22)21-12-20-14-23-10-5-8-19(23)15-24-20/h2-4,6-7,16,18-21H,5,8-15H2,1H3/t16-,18+,19-,20-/m1/s1. The number of rotatable bonds is 5. The van der Waals surface area contributed by atoms with Crippen LogP contribution in [0.3, 0.4) is 0 Å². The number of ether oxygens (including phenoxy) is 1. The second-order valence-corrected chi connectivity index (χ2v) is 7.72. The van der Waals surface area contributed by atoms with Crippen LogP contribution in [-0.2, 0) is 4.74 Å². The zero-order valence-corrected chi connectivity index (χ0v) is 14.9. The summed E-state index contributed by atoms with van der Waals surface area (Å²) in [6, 6.07) is 12.7. The summed E-state index contributed by atoms with van der Waals surface area (Å²) in [7, 11) is 0. The first-order valence-corrected chi connectivity index (χ1v) is 9.67. The predicted octanol–water partition coefficient (Wildman–Crippen LogP) is 2.27. The molecule has 24 heavy (non-hydrogen) atoms. The maximum Gasteiger partial charge on any atom is 0.0827 e. The normalized spacial score (nSPS) is 32.8. The van der Waals surface area contributed by atoms with Gasteiger partial charge in [-0.1, -0.05) is 30.3 Å². The SMILES string of the molecule is C[C@H](c1ccccc1)N1CC[C@H](NC[C@@H]2CN3CCC[C@@H]3CO2)C1. The van der Waals surface area contributed by atoms with E-state index in [4.69, 9.17) is 4.74 Å². The van der Waals surface area contributed by atoms with Crippen LogP contribution in [0.4, 0.5) is 0 Å². The molecular formula is C20H31N3O. The molecule has 3 fully saturated rings. The van der Waals surface area contributed by atoms with Gasteiger partial charge in [-0.2, -0.15) is 0 Å². The summed E-state index contributed by atoms with van der Waals surface area (Å²) in [4.78, 5) is 5.24. The van der Waals surface area contributed by atoms with Crippen molar-refractivity contribution in [2.24, 2.45) is 0 Å². The predicted molar refractivity (Wildman–Crippen MR) is 97.2 cm³/mol. The van der Waals surface area contributed by atoms with Gasteiger partial charge in [0.1, 0.15) is 0 Å². The topological polar surface area (TPSA) is 27.7 Å². The maximum atomic E-state index is 6.08. The third kappa shape index (κ3) is 3.67. The minimum Gasteiger partial charge on any atom is -0.374 e. The van der Waals surface area contributed by atoms with Crippen LogP contribution in [0.5, 0.6) is 0 Å². The molecule has 4 rings (SSSR count). The van der Waals surface area contributed by atoms with Gasteiger partial charge in [0.05, 0.1) is 12.7 Å². The second kappa shape index (κ2) is 7.52. The largest absolute Gasteiger partial charge is 0.374 e. The van der Waals surface area contributed by atoms with Crippen molar-refractivity contribution in [3.63, 3.8) is 0 Å². The average molecular weight is 329 g/mol. The van der Waals surface area contributed by atoms with Crippen LogP contribution in [0.2, 0.25) is 0 Å². The van der Waals surface area contributed by atoms with E-state index in [-0.39, 0.29) is 0 Å². The van der Waals surface area contributed by atoms with Gasteiger partial charge in [0, 0.05) is 44.3 Å². The molecule has 1 N–H and O–H groups in total. The lowest BCUT2D eigenvalue weighted by Gasteiger charge is -2.35. The van der Waals surface area contributed by atoms with Crippen molar-refractivity contribution in [1.29, 1.82) is 0 Å². The van der Waals surface area contributed by atoms with Crippen molar-refractivity contribution < 1.29 is 4.74 Å². The van der Waals surface area contributed by atoms with Gasteiger partial charge in [-0.05, 0) is 38.3 Å². The van der Waals surface area contributed by atoms with Crippen LogP contribution in [0.1, 0.15) is 37.8 Å². The molecule has 3 saturated heterocycles. The highest BCUT2D eigenvalue weighted by molar-refractivity contribution is 5.18. The van der Waals surface area contributed by atoms with E-state index in [1.165, 1.54) is 37.9 Å². The van der Waals surface area contributed by atoms with Crippen LogP contribution < -0.4 is 5.32 Å². The van der Waals surface area contributed by atoms with E-state index in [0.717, 1.165) is 26.2 Å². The summed E-state index contributed by atoms with van der Waals surface area (Å²) >= 11 is 0. The van der Waals surface area contributed by atoms with E-state index in [9.17, 15) is 0 Å². The summed E-state index contributed by atoms with van der Waals surface area (Å²) in [6.45, 7) is 9.00. The summed E-state index contributed by atoms with van der Waals surface area (Å²) < 4.78 is 6.08. The van der Waals surface area contributed by atoms with Crippen LogP contribution >= 0.6 is 0 Å². The number of hydrogen-bond acceptors (Lipinski definition) is 4. The van der Waals surface area contributed by atoms with E-state index in [1.807, 2.05) is 0 Å². The minimum absolute atomic E-state index is 0.375. The van der Waals surface area contributed by atoms with Gasteiger partial charge >= 0.3 is 0 Å². The zero-order chi connectivity index (χ0) is 16.4. The summed E-state index contributed by atoms with van der Waals surface area (Å²) in [5, 5.41) is 3.77. The van der Waals surface area contributed by atoms with Crippen LogP contribution in [0.15, 0.2) is 30.3 Å². The molecular weight excluding hydrogens is 298 g/mol. The summed E-state index contributed by atoms with van der Waals surface area (Å²) in [5.41, 5.74) is 1.42. The van der Waals surface area contributed by atoms with E-state index in [2.05, 4.69) is 52.4 Å². The van der Waals surface area contributed by atoms with Gasteiger partial charge in [0.2, 0.25) is 0 Å². The smallest absolute Gasteiger partial charge is 0.0827 e. The fraction of sp³-hybridized carbons (Fsp3) is 0.700. The molecule has 4 atom stereocenters. The van der Waals surface area contributed by atoms with Gasteiger partial charge in [-0.25, -0.2) is 0 Å². The van der Waals surface area contributed by atoms with Crippen LogP contribution in [0.25, 0.3) is 0 Å². The number of likely N-dealkylation sites (tertiary alicyclic amines) is 1. The van der Waals surface area contributed by atoms with Gasteiger partial charge < -0.3 is 10.1 Å². The number of nitrogens with zero attached hydrogens (tertiary/aromatic N) is 2. The lowest BCUT2D eigenvalue weighted by Crippen LogP contribution is -2.50. The lowest BCUT2D eigenvalue weighted by atomic mass is 10.1. The number of benzene rings is 1. The highest BCUT2D eigenvalue weighted by Gasteiger charge is 2.33. The Hall–Kier alpha value is -0.940. The Labute approximate surface area is 146 Å². The Bertz CT molecular complexity index is 523. The Morgan fingerprint density at radius 2 is 2.04 bits per heavy atom. The summed E-state index contributed by atoms with van der Waals surface area (Å²) in [5.74, 6) is 0. The molecule has 3 heterocycles. The van der Waals surface area contributed by atoms with E-state index >= 15 is 0 Å². The van der Waals surface area contributed by atoms with Crippen molar-refractivity contribution in [2.45, 2.75) is 50.4 Å². The monoisotopic (exact) mass is 329 g/mol. The van der Waals surface area contributed by atoms with Gasteiger partial charge in [0.25, 0.3) is 0 Å². The molecule has 3 aliphatic heterocycles. The molecule has 1 aromatic rings. The first-order valence-electron chi connectivity index (χ1n) is 9.67. The highest BCUT2D eigenvalue weighted by Crippen LogP contribution is 2.25. The molecule has 1 aromatic carbocycles. The molecule has 132 valence electrons. The molecule has 0 unspecified atom stereocenters. The number of hydrogen-bond donors (Lipinski definition) is 1. The minimum atomic E-state index is 0.375. The molecule has 0 aliphatic carbocycles. The Morgan fingerprint density at radius 1 is 1.17 bits per heavy atom. The van der Waals surface area contributed by atoms with E-state index in [0.29, 0.717) is 24.2 Å². The molecule has 4 nitrogen and oxygen atoms in total. The van der Waals surface area contributed by atoms with Crippen molar-refractivity contribution >= 4 is 0 Å². The number of morpholine rings is 1. The number of nitrogens with one attached hydrogen (secondary N) is 1. The molecule has 0 radical (unpaired) electrons. The Balaban J connectivity index is 1.23. The first-order chi connectivity index (χ1) is 11.8. The fourth-order valence-corrected chi connectivity index (χ4v) is 4.56. The van der Waals surface area contributed by atoms with Crippen molar-refractivity contribution in [2.75, 3.05) is 39.3 Å². The third-order valence-electron chi connectivity index (χ3n) is 6.15. The van der Waals surface area contributed by atoms with Gasteiger partial charge in [0.15, 0.2) is 0 Å². The first kappa shape index (κ1) is 16.5. The Morgan fingerprint density at radius 3 is 2.92 bits per heavy atom. The number of fused-ring (bicyclic) bond motifs is 1. The third-order valence-corrected chi connectivity index (χ3v) is 6.15.